The number of ketones is 3. The van der Waals surface area contributed by atoms with Crippen LogP contribution in [0.3, 0.4) is 0 Å². The fourth-order valence-electron chi connectivity index (χ4n) is 6.52. The topological polar surface area (TPSA) is 360 Å². The molecule has 11 N–H and O–H groups in total. The van der Waals surface area contributed by atoms with E-state index in [-0.39, 0.29) is 114 Å². The minimum Gasteiger partial charge on any atom is -0.370 e. The Labute approximate surface area is 402 Å². The Bertz CT molecular complexity index is 1890. The van der Waals surface area contributed by atoms with Crippen molar-refractivity contribution in [3.63, 3.8) is 0 Å². The number of benzene rings is 1. The molecule has 0 bridgehead atoms. The minimum absolute atomic E-state index is 0.00131. The number of hydrogen-bond acceptors (Lipinski definition) is 14. The summed E-state index contributed by atoms with van der Waals surface area (Å²) >= 11 is 0. The summed E-state index contributed by atoms with van der Waals surface area (Å²) in [4.78, 5) is 146. The molecule has 0 heterocycles. The molecule has 69 heavy (non-hydrogen) atoms. The first kappa shape index (κ1) is 60.4. The average Bonchev–Trinajstić information content (AvgIpc) is 3.27. The Balaban J connectivity index is 2.53. The third kappa shape index (κ3) is 31.9. The molecule has 1 aromatic rings. The maximum absolute atomic E-state index is 13.7. The molecule has 0 aliphatic rings. The summed E-state index contributed by atoms with van der Waals surface area (Å²) in [6.07, 6.45) is 2.01. The number of nitrogens with one attached hydrogen (secondary N) is 7. The van der Waals surface area contributed by atoms with Crippen LogP contribution in [-0.2, 0) is 73.4 Å². The third-order valence-electron chi connectivity index (χ3n) is 10.1. The molecule has 0 radical (unpaired) electrons. The number of ether oxygens (including phenoxy) is 2. The second kappa shape index (κ2) is 35.5. The van der Waals surface area contributed by atoms with E-state index in [0.29, 0.717) is 50.9 Å². The molecular formula is C46H71N9O14. The lowest BCUT2D eigenvalue weighted by atomic mass is 9.87. The van der Waals surface area contributed by atoms with Crippen LogP contribution in [0.5, 0.6) is 0 Å². The molecule has 0 aliphatic heterocycles. The van der Waals surface area contributed by atoms with Crippen LogP contribution >= 0.6 is 0 Å². The van der Waals surface area contributed by atoms with Gasteiger partial charge in [0.05, 0.1) is 12.6 Å². The average molecular weight is 974 g/mol. The fourth-order valence-corrected chi connectivity index (χ4v) is 6.52. The molecule has 0 fully saturated rings. The molecule has 384 valence electrons. The van der Waals surface area contributed by atoms with Crippen LogP contribution in [-0.4, -0.2) is 135 Å². The lowest BCUT2D eigenvalue weighted by Gasteiger charge is -2.24. The van der Waals surface area contributed by atoms with Crippen LogP contribution < -0.4 is 48.7 Å². The summed E-state index contributed by atoms with van der Waals surface area (Å²) in [6, 6.07) is 4.64. The van der Waals surface area contributed by atoms with Crippen molar-refractivity contribution in [2.24, 2.45) is 17.4 Å². The lowest BCUT2D eigenvalue weighted by Crippen LogP contribution is -2.51. The first-order valence-corrected chi connectivity index (χ1v) is 23.0. The number of amides is 9. The number of primary amides is 2. The van der Waals surface area contributed by atoms with Gasteiger partial charge in [-0.25, -0.2) is 0 Å². The summed E-state index contributed by atoms with van der Waals surface area (Å²) in [5.41, 5.74) is 11.9. The van der Waals surface area contributed by atoms with Crippen molar-refractivity contribution in [2.45, 2.75) is 123 Å². The van der Waals surface area contributed by atoms with Gasteiger partial charge in [-0.15, -0.1) is 0 Å². The van der Waals surface area contributed by atoms with Crippen LogP contribution in [0, 0.1) is 5.92 Å². The van der Waals surface area contributed by atoms with Gasteiger partial charge < -0.3 is 58.2 Å². The molecule has 0 aliphatic carbocycles. The molecule has 9 amide bonds. The van der Waals surface area contributed by atoms with Gasteiger partial charge in [0.15, 0.2) is 5.78 Å². The number of hydrogen-bond donors (Lipinski definition) is 9. The standard InChI is InChI=1S/C46H71N9O14/c1-30(56)20-23-51-42(63)19-12-33-10-13-35(14-11-33)54-45(66)29-69-28-44(65)52-24-25-68-27-43(64)50-22-6-4-8-34(38(59)16-18-41(48)62)26-39(60)36(9-5-7-21-49-31(2)57)55-46(67)37(53-32(3)58)15-17-40(47)61/h10-11,13-14,34,36-37H,4-9,12,15-29H2,1-3H3,(H2,47,61)(H2,48,62)(H,49,57)(H,50,64)(H,51,63)(H,52,65)(H,53,58)(H,54,66)(H,55,67)/t34-,36+,37+/m1/s1. The Morgan fingerprint density at radius 3 is 1.74 bits per heavy atom. The summed E-state index contributed by atoms with van der Waals surface area (Å²) in [7, 11) is 0. The number of aryl methyl sites for hydroxylation is 1. The minimum atomic E-state index is -1.16. The molecule has 0 spiro atoms. The van der Waals surface area contributed by atoms with Crippen molar-refractivity contribution in [3.8, 4) is 0 Å². The predicted octanol–water partition coefficient (Wildman–Crippen LogP) is -0.940. The van der Waals surface area contributed by atoms with Crippen molar-refractivity contribution in [3.05, 3.63) is 29.8 Å². The molecule has 23 nitrogen and oxygen atoms in total. The van der Waals surface area contributed by atoms with Crippen LogP contribution in [0.25, 0.3) is 0 Å². The summed E-state index contributed by atoms with van der Waals surface area (Å²) in [6.45, 7) is 3.81. The number of carbonyl (C=O) groups is 12. The predicted molar refractivity (Wildman–Crippen MR) is 250 cm³/mol. The van der Waals surface area contributed by atoms with Crippen molar-refractivity contribution >= 4 is 76.2 Å². The highest BCUT2D eigenvalue weighted by atomic mass is 16.5. The lowest BCUT2D eigenvalue weighted by molar-refractivity contribution is -0.133. The highest BCUT2D eigenvalue weighted by Gasteiger charge is 2.30. The molecule has 3 atom stereocenters. The second-order valence-electron chi connectivity index (χ2n) is 16.4. The molecule has 0 unspecified atom stereocenters. The van der Waals surface area contributed by atoms with Gasteiger partial charge >= 0.3 is 0 Å². The molecule has 1 aromatic carbocycles. The van der Waals surface area contributed by atoms with Gasteiger partial charge in [0.1, 0.15) is 37.4 Å². The van der Waals surface area contributed by atoms with Gasteiger partial charge in [-0.05, 0) is 69.6 Å². The number of unbranched alkanes of at least 4 members (excludes halogenated alkanes) is 2. The maximum Gasteiger partial charge on any atom is 0.250 e. The van der Waals surface area contributed by atoms with E-state index in [0.717, 1.165) is 5.56 Å². The molecular weight excluding hydrogens is 903 g/mol. The fraction of sp³-hybridized carbons (Fsp3) is 0.609. The van der Waals surface area contributed by atoms with Gasteiger partial charge in [0.25, 0.3) is 0 Å². The number of Topliss-reactive ketones (excluding diaryl/α,β-unsaturated/α-hetero) is 3. The van der Waals surface area contributed by atoms with E-state index in [4.69, 9.17) is 20.9 Å². The summed E-state index contributed by atoms with van der Waals surface area (Å²) < 4.78 is 10.5. The van der Waals surface area contributed by atoms with Gasteiger partial charge in [-0.1, -0.05) is 18.6 Å². The number of carbonyl (C=O) groups excluding carboxylic acids is 12. The smallest absolute Gasteiger partial charge is 0.250 e. The van der Waals surface area contributed by atoms with Crippen molar-refractivity contribution < 1.29 is 67.0 Å². The first-order chi connectivity index (χ1) is 32.7. The number of rotatable bonds is 39. The second-order valence-corrected chi connectivity index (χ2v) is 16.4. The SMILES string of the molecule is CC(=O)CCNC(=O)CCc1ccc(NC(=O)COCC(=O)NCCOCC(=O)NCCCC[C@H](CC(=O)[C@H](CCCCNC(C)=O)NC(=O)[C@H](CCC(N)=O)NC(C)=O)C(=O)CCC(N)=O)cc1. The Morgan fingerprint density at radius 1 is 0.522 bits per heavy atom. The van der Waals surface area contributed by atoms with Crippen LogP contribution in [0.1, 0.15) is 110 Å². The molecule has 0 saturated carbocycles. The third-order valence-corrected chi connectivity index (χ3v) is 10.1. The Morgan fingerprint density at radius 2 is 1.12 bits per heavy atom. The monoisotopic (exact) mass is 974 g/mol. The molecule has 0 aromatic heterocycles. The van der Waals surface area contributed by atoms with E-state index in [1.165, 1.54) is 20.8 Å². The summed E-state index contributed by atoms with van der Waals surface area (Å²) in [5, 5.41) is 18.3. The van der Waals surface area contributed by atoms with E-state index in [2.05, 4.69) is 37.2 Å². The van der Waals surface area contributed by atoms with E-state index in [9.17, 15) is 57.5 Å². The van der Waals surface area contributed by atoms with Gasteiger partial charge in [0, 0.05) is 90.2 Å². The van der Waals surface area contributed by atoms with Crippen molar-refractivity contribution in [2.75, 3.05) is 57.9 Å². The quantitative estimate of drug-likeness (QED) is 0.0360. The summed E-state index contributed by atoms with van der Waals surface area (Å²) in [5.74, 6) is -6.19. The molecule has 23 heteroatoms. The maximum atomic E-state index is 13.7. The normalized spacial score (nSPS) is 12.0. The van der Waals surface area contributed by atoms with Gasteiger partial charge in [-0.2, -0.15) is 0 Å². The van der Waals surface area contributed by atoms with Crippen LogP contribution in [0.4, 0.5) is 5.69 Å². The zero-order valence-electron chi connectivity index (χ0n) is 40.0. The van der Waals surface area contributed by atoms with Crippen molar-refractivity contribution in [1.29, 1.82) is 0 Å². The van der Waals surface area contributed by atoms with Gasteiger partial charge in [-0.3, -0.25) is 57.5 Å². The first-order valence-electron chi connectivity index (χ1n) is 23.0. The van der Waals surface area contributed by atoms with Crippen LogP contribution in [0.15, 0.2) is 24.3 Å². The number of anilines is 1. The molecule has 0 saturated heterocycles. The zero-order chi connectivity index (χ0) is 51.6. The van der Waals surface area contributed by atoms with Crippen LogP contribution in [0.2, 0.25) is 0 Å². The van der Waals surface area contributed by atoms with Gasteiger partial charge in [0.2, 0.25) is 53.2 Å². The zero-order valence-corrected chi connectivity index (χ0v) is 40.0. The van der Waals surface area contributed by atoms with E-state index >= 15 is 0 Å². The van der Waals surface area contributed by atoms with E-state index in [1.54, 1.807) is 24.3 Å². The number of nitrogens with two attached hydrogens (primary N) is 2. The highest BCUT2D eigenvalue weighted by molar-refractivity contribution is 5.96. The largest absolute Gasteiger partial charge is 0.370 e. The highest BCUT2D eigenvalue weighted by Crippen LogP contribution is 2.20. The molecule has 1 rings (SSSR count). The Hall–Kier alpha value is -6.62. The van der Waals surface area contributed by atoms with E-state index in [1.807, 2.05) is 0 Å². The Kier molecular flexibility index (Phi) is 31.1. The van der Waals surface area contributed by atoms with Crippen molar-refractivity contribution in [1.82, 2.24) is 31.9 Å². The van der Waals surface area contributed by atoms with E-state index < -0.39 is 71.7 Å².